The van der Waals surface area contributed by atoms with Gasteiger partial charge in [-0.2, -0.15) is 13.2 Å². The molecule has 2 atom stereocenters. The van der Waals surface area contributed by atoms with Crippen LogP contribution in [0.25, 0.3) is 0 Å². The van der Waals surface area contributed by atoms with Gasteiger partial charge in [-0.15, -0.1) is 0 Å². The zero-order valence-electron chi connectivity index (χ0n) is 22.5. The summed E-state index contributed by atoms with van der Waals surface area (Å²) in [5.41, 5.74) is 1.93. The van der Waals surface area contributed by atoms with Gasteiger partial charge in [0, 0.05) is 63.5 Å². The Balaban J connectivity index is 1.27. The molecular weight excluding hydrogens is 519 g/mol. The van der Waals surface area contributed by atoms with Crippen molar-refractivity contribution in [2.75, 3.05) is 57.8 Å². The molecule has 40 heavy (non-hydrogen) atoms. The molecule has 6 nitrogen and oxygen atoms in total. The van der Waals surface area contributed by atoms with E-state index in [4.69, 9.17) is 9.47 Å². The predicted octanol–water partition coefficient (Wildman–Crippen LogP) is 5.89. The highest BCUT2D eigenvalue weighted by atomic mass is 19.4. The van der Waals surface area contributed by atoms with Crippen molar-refractivity contribution < 1.29 is 27.4 Å². The summed E-state index contributed by atoms with van der Waals surface area (Å²) in [6, 6.07) is 22.9. The van der Waals surface area contributed by atoms with Crippen LogP contribution in [-0.4, -0.2) is 68.8 Å². The minimum Gasteiger partial charge on any atom is -0.497 e. The average Bonchev–Trinajstić information content (AvgIpc) is 3.40. The van der Waals surface area contributed by atoms with Gasteiger partial charge in [-0.3, -0.25) is 4.90 Å². The van der Waals surface area contributed by atoms with Crippen molar-refractivity contribution in [2.24, 2.45) is 5.92 Å². The Bertz CT molecular complexity index is 1280. The summed E-state index contributed by atoms with van der Waals surface area (Å²) >= 11 is 0. The van der Waals surface area contributed by atoms with E-state index in [9.17, 15) is 18.0 Å². The zero-order valence-corrected chi connectivity index (χ0v) is 22.5. The Labute approximate surface area is 232 Å². The van der Waals surface area contributed by atoms with Crippen LogP contribution >= 0.6 is 0 Å². The van der Waals surface area contributed by atoms with E-state index in [1.165, 1.54) is 12.1 Å². The fourth-order valence-electron chi connectivity index (χ4n) is 5.67. The number of hydrogen-bond acceptors (Lipinski definition) is 5. The molecule has 0 aliphatic carbocycles. The van der Waals surface area contributed by atoms with Gasteiger partial charge in [0.1, 0.15) is 12.4 Å². The van der Waals surface area contributed by atoms with E-state index in [-0.39, 0.29) is 18.4 Å². The lowest BCUT2D eigenvalue weighted by molar-refractivity contribution is -0.137. The van der Waals surface area contributed by atoms with Crippen LogP contribution in [-0.2, 0) is 17.5 Å². The molecule has 2 heterocycles. The number of carbonyl (C=O) groups is 1. The normalized spacial score (nSPS) is 20.0. The lowest BCUT2D eigenvalue weighted by atomic mass is 9.87. The topological polar surface area (TPSA) is 45.2 Å². The lowest BCUT2D eigenvalue weighted by Crippen LogP contribution is -2.48. The van der Waals surface area contributed by atoms with Gasteiger partial charge in [0.05, 0.1) is 12.7 Å². The summed E-state index contributed by atoms with van der Waals surface area (Å²) in [7, 11) is 1.65. The van der Waals surface area contributed by atoms with Gasteiger partial charge in [-0.1, -0.05) is 54.6 Å². The number of methoxy groups -OCH3 is 1. The number of anilines is 1. The fraction of sp³-hybridized carbons (Fsp3) is 0.387. The molecule has 0 aromatic heterocycles. The third-order valence-electron chi connectivity index (χ3n) is 7.83. The Morgan fingerprint density at radius 3 is 2.38 bits per heavy atom. The molecule has 2 aliphatic heterocycles. The van der Waals surface area contributed by atoms with Crippen molar-refractivity contribution in [3.8, 4) is 5.75 Å². The predicted molar refractivity (Wildman–Crippen MR) is 148 cm³/mol. The van der Waals surface area contributed by atoms with Gasteiger partial charge >= 0.3 is 12.3 Å². The number of nitrogens with zero attached hydrogens (tertiary/aromatic N) is 3. The average molecular weight is 554 g/mol. The molecule has 2 saturated heterocycles. The van der Waals surface area contributed by atoms with Crippen molar-refractivity contribution >= 4 is 11.8 Å². The molecular formula is C31H34F3N3O3. The Morgan fingerprint density at radius 2 is 1.65 bits per heavy atom. The monoisotopic (exact) mass is 553 g/mol. The molecule has 9 heteroatoms. The van der Waals surface area contributed by atoms with Gasteiger partial charge in [-0.05, 0) is 35.2 Å². The third-order valence-corrected chi connectivity index (χ3v) is 7.83. The first-order valence-electron chi connectivity index (χ1n) is 13.5. The van der Waals surface area contributed by atoms with Gasteiger partial charge in [0.15, 0.2) is 0 Å². The first-order valence-corrected chi connectivity index (χ1v) is 13.5. The molecule has 1 amide bonds. The summed E-state index contributed by atoms with van der Waals surface area (Å²) < 4.78 is 51.5. The molecule has 0 spiro atoms. The maximum absolute atomic E-state index is 13.5. The standard InChI is InChI=1S/C31H34F3N3O3/c1-39-28-12-6-11-27(18-28)36-15-13-35(14-16-36)19-25-20-37(30(38)40-22-23-7-3-2-4-8-23)21-29(25)24-9-5-10-26(17-24)31(32,33)34/h2-12,17-18,25,29H,13-16,19-22H2,1H3/t25-,29+/m1/s1. The molecule has 5 rings (SSSR count). The first kappa shape index (κ1) is 27.8. The van der Waals surface area contributed by atoms with Crippen LogP contribution in [0.4, 0.5) is 23.7 Å². The van der Waals surface area contributed by atoms with Crippen molar-refractivity contribution in [2.45, 2.75) is 18.7 Å². The van der Waals surface area contributed by atoms with E-state index in [1.54, 1.807) is 18.1 Å². The highest BCUT2D eigenvalue weighted by Gasteiger charge is 2.39. The molecule has 3 aromatic carbocycles. The molecule has 0 unspecified atom stereocenters. The number of carbonyl (C=O) groups excluding carboxylic acids is 1. The number of piperazine rings is 1. The quantitative estimate of drug-likeness (QED) is 0.365. The summed E-state index contributed by atoms with van der Waals surface area (Å²) in [6.07, 6.45) is -4.86. The molecule has 0 saturated carbocycles. The molecule has 212 valence electrons. The van der Waals surface area contributed by atoms with Gasteiger partial charge < -0.3 is 19.3 Å². The SMILES string of the molecule is COc1cccc(N2CCN(C[C@@H]3CN(C(=O)OCc4ccccc4)C[C@H]3c3cccc(C(F)(F)F)c3)CC2)c1. The molecule has 0 bridgehead atoms. The lowest BCUT2D eigenvalue weighted by Gasteiger charge is -2.38. The van der Waals surface area contributed by atoms with Crippen LogP contribution in [0.3, 0.4) is 0 Å². The van der Waals surface area contributed by atoms with Crippen LogP contribution in [0, 0.1) is 5.92 Å². The van der Waals surface area contributed by atoms with Crippen LogP contribution in [0.2, 0.25) is 0 Å². The van der Waals surface area contributed by atoms with E-state index in [0.717, 1.165) is 49.2 Å². The second kappa shape index (κ2) is 12.2. The van der Waals surface area contributed by atoms with Crippen LogP contribution < -0.4 is 9.64 Å². The highest BCUT2D eigenvalue weighted by molar-refractivity contribution is 5.68. The summed E-state index contributed by atoms with van der Waals surface area (Å²) in [6.45, 7) is 4.90. The second-order valence-electron chi connectivity index (χ2n) is 10.4. The van der Waals surface area contributed by atoms with Crippen molar-refractivity contribution in [3.05, 3.63) is 95.6 Å². The smallest absolute Gasteiger partial charge is 0.416 e. The van der Waals surface area contributed by atoms with Crippen molar-refractivity contribution in [1.82, 2.24) is 9.80 Å². The number of alkyl halides is 3. The van der Waals surface area contributed by atoms with E-state index in [2.05, 4.69) is 15.9 Å². The molecule has 0 N–H and O–H groups in total. The number of halogens is 3. The Hall–Kier alpha value is -3.72. The second-order valence-corrected chi connectivity index (χ2v) is 10.4. The minimum atomic E-state index is -4.42. The van der Waals surface area contributed by atoms with E-state index in [1.807, 2.05) is 48.5 Å². The number of ether oxygens (including phenoxy) is 2. The van der Waals surface area contributed by atoms with Gasteiger partial charge in [-0.25, -0.2) is 4.79 Å². The number of likely N-dealkylation sites (tertiary alicyclic amines) is 1. The number of hydrogen-bond donors (Lipinski definition) is 0. The number of benzene rings is 3. The van der Waals surface area contributed by atoms with E-state index in [0.29, 0.717) is 25.2 Å². The van der Waals surface area contributed by atoms with Crippen LogP contribution in [0.1, 0.15) is 22.6 Å². The van der Waals surface area contributed by atoms with Crippen LogP contribution in [0.5, 0.6) is 5.75 Å². The maximum atomic E-state index is 13.5. The first-order chi connectivity index (χ1) is 19.3. The third kappa shape index (κ3) is 6.70. The molecule has 2 aliphatic rings. The zero-order chi connectivity index (χ0) is 28.1. The Morgan fingerprint density at radius 1 is 0.900 bits per heavy atom. The van der Waals surface area contributed by atoms with Crippen molar-refractivity contribution in [1.29, 1.82) is 0 Å². The maximum Gasteiger partial charge on any atom is 0.416 e. The highest BCUT2D eigenvalue weighted by Crippen LogP contribution is 2.37. The summed E-state index contributed by atoms with van der Waals surface area (Å²) in [5, 5.41) is 0. The number of rotatable bonds is 7. The van der Waals surface area contributed by atoms with Crippen molar-refractivity contribution in [3.63, 3.8) is 0 Å². The van der Waals surface area contributed by atoms with E-state index >= 15 is 0 Å². The molecule has 0 radical (unpaired) electrons. The van der Waals surface area contributed by atoms with Gasteiger partial charge in [0.2, 0.25) is 0 Å². The van der Waals surface area contributed by atoms with Crippen LogP contribution in [0.15, 0.2) is 78.9 Å². The minimum absolute atomic E-state index is 0.0175. The molecule has 3 aromatic rings. The molecule has 2 fully saturated rings. The van der Waals surface area contributed by atoms with Gasteiger partial charge in [0.25, 0.3) is 0 Å². The fourth-order valence-corrected chi connectivity index (χ4v) is 5.67. The number of amides is 1. The summed E-state index contributed by atoms with van der Waals surface area (Å²) in [4.78, 5) is 19.3. The Kier molecular flexibility index (Phi) is 8.49. The largest absolute Gasteiger partial charge is 0.497 e. The summed E-state index contributed by atoms with van der Waals surface area (Å²) in [5.74, 6) is 0.577. The van der Waals surface area contributed by atoms with E-state index < -0.39 is 17.8 Å².